The average Bonchev–Trinajstić information content (AvgIpc) is 2.72. The van der Waals surface area contributed by atoms with Gasteiger partial charge in [0.25, 0.3) is 5.91 Å². The minimum Gasteiger partial charge on any atom is -0.398 e. The van der Waals surface area contributed by atoms with Crippen LogP contribution in [-0.2, 0) is 9.53 Å². The number of halogens is 1. The molecule has 5 heteroatoms. The van der Waals surface area contributed by atoms with E-state index in [2.05, 4.69) is 5.32 Å². The summed E-state index contributed by atoms with van der Waals surface area (Å²) >= 11 is 5.88. The Bertz CT molecular complexity index is 442. The van der Waals surface area contributed by atoms with Crippen LogP contribution in [0.5, 0.6) is 0 Å². The Kier molecular flexibility index (Phi) is 3.26. The minimum absolute atomic E-state index is 0.143. The quantitative estimate of drug-likeness (QED) is 0.797. The van der Waals surface area contributed by atoms with Gasteiger partial charge in [-0.1, -0.05) is 11.6 Å². The maximum Gasteiger partial charge on any atom is 0.256 e. The van der Waals surface area contributed by atoms with E-state index >= 15 is 0 Å². The van der Waals surface area contributed by atoms with Crippen molar-refractivity contribution in [3.8, 4) is 0 Å². The molecule has 0 spiro atoms. The topological polar surface area (TPSA) is 64.4 Å². The van der Waals surface area contributed by atoms with Crippen LogP contribution in [0, 0.1) is 0 Å². The van der Waals surface area contributed by atoms with Gasteiger partial charge in [-0.2, -0.15) is 0 Å². The molecule has 0 aliphatic carbocycles. The summed E-state index contributed by atoms with van der Waals surface area (Å²) in [4.78, 5) is 12.0. The Morgan fingerprint density at radius 3 is 2.94 bits per heavy atom. The van der Waals surface area contributed by atoms with E-state index in [-0.39, 0.29) is 5.91 Å². The highest BCUT2D eigenvalue weighted by atomic mass is 35.5. The molecular weight excluding hydrogens is 240 g/mol. The summed E-state index contributed by atoms with van der Waals surface area (Å²) < 4.78 is 5.46. The van der Waals surface area contributed by atoms with Gasteiger partial charge in [0.15, 0.2) is 0 Å². The van der Waals surface area contributed by atoms with Gasteiger partial charge in [-0.15, -0.1) is 0 Å². The molecule has 1 fully saturated rings. The molecule has 17 heavy (non-hydrogen) atoms. The molecule has 1 unspecified atom stereocenters. The first kappa shape index (κ1) is 12.2. The Morgan fingerprint density at radius 1 is 1.59 bits per heavy atom. The van der Waals surface area contributed by atoms with Crippen LogP contribution in [0.1, 0.15) is 19.8 Å². The number of nitrogen functional groups attached to an aromatic ring is 1. The monoisotopic (exact) mass is 254 g/mol. The predicted molar refractivity (Wildman–Crippen MR) is 68.1 cm³/mol. The highest BCUT2D eigenvalue weighted by Gasteiger charge is 2.37. The SMILES string of the molecule is CC1(C(=O)Nc2ccc(N)c(Cl)c2)CCCO1. The second-order valence-corrected chi connectivity index (χ2v) is 4.78. The molecule has 1 aliphatic rings. The molecular formula is C12H15ClN2O2. The minimum atomic E-state index is -0.728. The van der Waals surface area contributed by atoms with Crippen LogP contribution in [0.2, 0.25) is 5.02 Å². The number of nitrogens with two attached hydrogens (primary N) is 1. The van der Waals surface area contributed by atoms with Crippen molar-refractivity contribution < 1.29 is 9.53 Å². The average molecular weight is 255 g/mol. The van der Waals surface area contributed by atoms with E-state index in [1.165, 1.54) is 0 Å². The van der Waals surface area contributed by atoms with E-state index in [0.29, 0.717) is 23.0 Å². The summed E-state index contributed by atoms with van der Waals surface area (Å²) in [6.45, 7) is 2.43. The summed E-state index contributed by atoms with van der Waals surface area (Å²) in [7, 11) is 0. The summed E-state index contributed by atoms with van der Waals surface area (Å²) in [6.07, 6.45) is 1.65. The molecule has 1 atom stereocenters. The molecule has 3 N–H and O–H groups in total. The fourth-order valence-corrected chi connectivity index (χ4v) is 2.01. The van der Waals surface area contributed by atoms with Crippen LogP contribution in [0.15, 0.2) is 18.2 Å². The van der Waals surface area contributed by atoms with Crippen molar-refractivity contribution in [2.24, 2.45) is 0 Å². The van der Waals surface area contributed by atoms with Gasteiger partial charge in [-0.3, -0.25) is 4.79 Å². The Labute approximate surface area is 105 Å². The number of nitrogens with one attached hydrogen (secondary N) is 1. The highest BCUT2D eigenvalue weighted by Crippen LogP contribution is 2.28. The third kappa shape index (κ3) is 2.53. The van der Waals surface area contributed by atoms with Gasteiger partial charge in [0.1, 0.15) is 5.60 Å². The highest BCUT2D eigenvalue weighted by molar-refractivity contribution is 6.33. The van der Waals surface area contributed by atoms with Gasteiger partial charge in [-0.05, 0) is 38.0 Å². The molecule has 1 aromatic rings. The van der Waals surface area contributed by atoms with Crippen molar-refractivity contribution in [2.45, 2.75) is 25.4 Å². The lowest BCUT2D eigenvalue weighted by atomic mass is 10.0. The van der Waals surface area contributed by atoms with Crippen molar-refractivity contribution in [1.29, 1.82) is 0 Å². The van der Waals surface area contributed by atoms with Gasteiger partial charge in [-0.25, -0.2) is 0 Å². The Hall–Kier alpha value is -1.26. The van der Waals surface area contributed by atoms with Crippen molar-refractivity contribution in [3.05, 3.63) is 23.2 Å². The molecule has 1 amide bonds. The van der Waals surface area contributed by atoms with E-state index in [4.69, 9.17) is 22.1 Å². The van der Waals surface area contributed by atoms with E-state index in [1.54, 1.807) is 25.1 Å². The summed E-state index contributed by atoms with van der Waals surface area (Å²) in [5, 5.41) is 3.22. The van der Waals surface area contributed by atoms with Crippen molar-refractivity contribution in [3.63, 3.8) is 0 Å². The number of rotatable bonds is 2. The van der Waals surface area contributed by atoms with E-state index in [9.17, 15) is 4.79 Å². The number of anilines is 2. The third-order valence-corrected chi connectivity index (χ3v) is 3.28. The molecule has 4 nitrogen and oxygen atoms in total. The number of hydrogen-bond donors (Lipinski definition) is 2. The normalized spacial score (nSPS) is 23.6. The molecule has 2 rings (SSSR count). The molecule has 1 saturated heterocycles. The fourth-order valence-electron chi connectivity index (χ4n) is 1.83. The maximum atomic E-state index is 12.0. The van der Waals surface area contributed by atoms with Crippen LogP contribution < -0.4 is 11.1 Å². The molecule has 0 aromatic heterocycles. The van der Waals surface area contributed by atoms with Crippen molar-refractivity contribution in [2.75, 3.05) is 17.7 Å². The number of hydrogen-bond acceptors (Lipinski definition) is 3. The largest absolute Gasteiger partial charge is 0.398 e. The second kappa shape index (κ2) is 4.55. The summed E-state index contributed by atoms with van der Waals surface area (Å²) in [5.74, 6) is -0.143. The number of benzene rings is 1. The zero-order valence-corrected chi connectivity index (χ0v) is 10.4. The number of carbonyl (C=O) groups excluding carboxylic acids is 1. The lowest BCUT2D eigenvalue weighted by molar-refractivity contribution is -0.133. The van der Waals surface area contributed by atoms with E-state index in [1.807, 2.05) is 0 Å². The number of amides is 1. The first-order valence-electron chi connectivity index (χ1n) is 5.52. The maximum absolute atomic E-state index is 12.0. The first-order valence-corrected chi connectivity index (χ1v) is 5.89. The van der Waals surface area contributed by atoms with Gasteiger partial charge in [0.2, 0.25) is 0 Å². The predicted octanol–water partition coefficient (Wildman–Crippen LogP) is 2.43. The molecule has 1 aromatic carbocycles. The summed E-state index contributed by atoms with van der Waals surface area (Å²) in [6, 6.07) is 5.01. The smallest absolute Gasteiger partial charge is 0.256 e. The van der Waals surface area contributed by atoms with Crippen LogP contribution in [0.3, 0.4) is 0 Å². The molecule has 0 saturated carbocycles. The Balaban J connectivity index is 2.10. The van der Waals surface area contributed by atoms with Gasteiger partial charge >= 0.3 is 0 Å². The lowest BCUT2D eigenvalue weighted by Gasteiger charge is -2.22. The summed E-state index contributed by atoms with van der Waals surface area (Å²) in [5.41, 5.74) is 5.99. The fraction of sp³-hybridized carbons (Fsp3) is 0.417. The number of carbonyl (C=O) groups is 1. The first-order chi connectivity index (χ1) is 8.01. The van der Waals surface area contributed by atoms with E-state index < -0.39 is 5.60 Å². The molecule has 0 bridgehead atoms. The van der Waals surface area contributed by atoms with Gasteiger partial charge in [0.05, 0.1) is 10.7 Å². The standard InChI is InChI=1S/C12H15ClN2O2/c1-12(5-2-6-17-12)11(16)15-8-3-4-10(14)9(13)7-8/h3-4,7H,2,5-6,14H2,1H3,(H,15,16). The van der Waals surface area contributed by atoms with Gasteiger partial charge < -0.3 is 15.8 Å². The molecule has 1 heterocycles. The lowest BCUT2D eigenvalue weighted by Crippen LogP contribution is -2.39. The van der Waals surface area contributed by atoms with Crippen molar-refractivity contribution in [1.82, 2.24) is 0 Å². The second-order valence-electron chi connectivity index (χ2n) is 4.37. The van der Waals surface area contributed by atoms with Crippen LogP contribution in [0.25, 0.3) is 0 Å². The molecule has 1 aliphatic heterocycles. The third-order valence-electron chi connectivity index (χ3n) is 2.96. The van der Waals surface area contributed by atoms with Crippen LogP contribution in [0.4, 0.5) is 11.4 Å². The Morgan fingerprint density at radius 2 is 2.35 bits per heavy atom. The zero-order valence-electron chi connectivity index (χ0n) is 9.63. The zero-order chi connectivity index (χ0) is 12.5. The van der Waals surface area contributed by atoms with Crippen LogP contribution in [-0.4, -0.2) is 18.1 Å². The molecule has 92 valence electrons. The number of ether oxygens (including phenoxy) is 1. The van der Waals surface area contributed by atoms with E-state index in [0.717, 1.165) is 12.8 Å². The molecule has 0 radical (unpaired) electrons. The van der Waals surface area contributed by atoms with Gasteiger partial charge in [0, 0.05) is 12.3 Å². The van der Waals surface area contributed by atoms with Crippen LogP contribution >= 0.6 is 11.6 Å². The van der Waals surface area contributed by atoms with Crippen molar-refractivity contribution >= 4 is 28.9 Å².